The second kappa shape index (κ2) is 12.4. The van der Waals surface area contributed by atoms with E-state index in [1.807, 2.05) is 27.7 Å². The van der Waals surface area contributed by atoms with Gasteiger partial charge in [-0.3, -0.25) is 9.69 Å². The lowest BCUT2D eigenvalue weighted by molar-refractivity contribution is -0.148. The minimum Gasteiger partial charge on any atom is -0.464 e. The number of ether oxygens (including phenoxy) is 2. The molecule has 2 amide bonds. The highest BCUT2D eigenvalue weighted by Gasteiger charge is 2.43. The van der Waals surface area contributed by atoms with Crippen molar-refractivity contribution >= 4 is 33.7 Å². The van der Waals surface area contributed by atoms with E-state index in [2.05, 4.69) is 0 Å². The number of esters is 1. The number of carbonyl (C=O) groups excluding carboxylic acids is 3. The molecule has 0 N–H and O–H groups in total. The van der Waals surface area contributed by atoms with Crippen molar-refractivity contribution in [2.45, 2.75) is 64.4 Å². The van der Waals surface area contributed by atoms with Crippen molar-refractivity contribution in [2.24, 2.45) is 5.41 Å². The maximum atomic E-state index is 14.1. The zero-order valence-electron chi connectivity index (χ0n) is 24.2. The van der Waals surface area contributed by atoms with Crippen LogP contribution < -0.4 is 9.64 Å². The van der Waals surface area contributed by atoms with Gasteiger partial charge in [0.15, 0.2) is 0 Å². The molecule has 10 nitrogen and oxygen atoms in total. The summed E-state index contributed by atoms with van der Waals surface area (Å²) in [4.78, 5) is 41.8. The van der Waals surface area contributed by atoms with Gasteiger partial charge < -0.3 is 14.4 Å². The van der Waals surface area contributed by atoms with E-state index >= 15 is 0 Å². The van der Waals surface area contributed by atoms with Gasteiger partial charge in [-0.05, 0) is 68.5 Å². The molecule has 0 spiro atoms. The van der Waals surface area contributed by atoms with E-state index in [4.69, 9.17) is 9.47 Å². The van der Waals surface area contributed by atoms with E-state index in [0.29, 0.717) is 18.5 Å². The zero-order chi connectivity index (χ0) is 29.8. The highest BCUT2D eigenvalue weighted by atomic mass is 32.2. The molecule has 1 heterocycles. The summed E-state index contributed by atoms with van der Waals surface area (Å²) in [7, 11) is -0.851. The molecule has 1 saturated heterocycles. The van der Waals surface area contributed by atoms with Crippen LogP contribution in [0.15, 0.2) is 53.4 Å². The van der Waals surface area contributed by atoms with Crippen molar-refractivity contribution < 1.29 is 32.3 Å². The topological polar surface area (TPSA) is 114 Å². The molecule has 0 aliphatic carbocycles. The largest absolute Gasteiger partial charge is 0.464 e. The van der Waals surface area contributed by atoms with E-state index < -0.39 is 40.1 Å². The normalized spacial score (nSPS) is 16.7. The number of amides is 2. The Hall–Kier alpha value is -3.44. The standard InChI is InChI=1S/C29H39N3O7S/c1-20-10-16-24(17-11-20)40(36,37)31-18-8-9-25(31)26(33)32(21(2)27(34)38-19-29(3,4)5)22-12-14-23(15-13-22)39-28(35)30(6)7/h10-17,21,25H,8-9,18-19H2,1-7H3/t21-,25-/m0/s1. The number of hydrogen-bond acceptors (Lipinski definition) is 7. The highest BCUT2D eigenvalue weighted by molar-refractivity contribution is 7.89. The third-order valence-corrected chi connectivity index (χ3v) is 8.34. The Kier molecular flexibility index (Phi) is 9.63. The van der Waals surface area contributed by atoms with Gasteiger partial charge in [0, 0.05) is 26.3 Å². The fraction of sp³-hybridized carbons (Fsp3) is 0.483. The van der Waals surface area contributed by atoms with Crippen molar-refractivity contribution in [3.63, 3.8) is 0 Å². The lowest BCUT2D eigenvalue weighted by Gasteiger charge is -2.33. The van der Waals surface area contributed by atoms with Crippen LogP contribution in [0.5, 0.6) is 5.75 Å². The SMILES string of the molecule is Cc1ccc(S(=O)(=O)N2CCC[C@H]2C(=O)N(c2ccc(OC(=O)N(C)C)cc2)[C@@H](C)C(=O)OCC(C)(C)C)cc1. The minimum absolute atomic E-state index is 0.106. The van der Waals surface area contributed by atoms with Crippen LogP contribution in [0, 0.1) is 12.3 Å². The van der Waals surface area contributed by atoms with Gasteiger partial charge in [0.05, 0.1) is 11.5 Å². The van der Waals surface area contributed by atoms with Gasteiger partial charge in [-0.1, -0.05) is 38.5 Å². The monoisotopic (exact) mass is 573 g/mol. The molecule has 0 aromatic heterocycles. The number of aryl methyl sites for hydroxylation is 1. The molecule has 1 aliphatic heterocycles. The number of hydrogen-bond donors (Lipinski definition) is 0. The Bertz CT molecular complexity index is 1320. The van der Waals surface area contributed by atoms with Gasteiger partial charge in [-0.2, -0.15) is 4.31 Å². The number of carbonyl (C=O) groups is 3. The first-order valence-electron chi connectivity index (χ1n) is 13.2. The second-order valence-electron chi connectivity index (χ2n) is 11.4. The average Bonchev–Trinajstić information content (AvgIpc) is 3.39. The molecular formula is C29H39N3O7S. The number of sulfonamides is 1. The van der Waals surface area contributed by atoms with Gasteiger partial charge in [0.1, 0.15) is 17.8 Å². The molecule has 1 fully saturated rings. The molecule has 3 rings (SSSR count). The molecular weight excluding hydrogens is 534 g/mol. The molecule has 1 aliphatic rings. The Labute approximate surface area is 236 Å². The highest BCUT2D eigenvalue weighted by Crippen LogP contribution is 2.31. The van der Waals surface area contributed by atoms with Crippen molar-refractivity contribution in [2.75, 3.05) is 32.1 Å². The third-order valence-electron chi connectivity index (χ3n) is 6.41. The van der Waals surface area contributed by atoms with Gasteiger partial charge in [-0.25, -0.2) is 18.0 Å². The van der Waals surface area contributed by atoms with Crippen LogP contribution in [0.25, 0.3) is 0 Å². The smallest absolute Gasteiger partial charge is 0.414 e. The number of benzene rings is 2. The van der Waals surface area contributed by atoms with Crippen molar-refractivity contribution in [1.82, 2.24) is 9.21 Å². The fourth-order valence-electron chi connectivity index (χ4n) is 4.20. The van der Waals surface area contributed by atoms with Crippen LogP contribution in [-0.2, 0) is 24.3 Å². The molecule has 0 radical (unpaired) electrons. The zero-order valence-corrected chi connectivity index (χ0v) is 25.0. The molecule has 11 heteroatoms. The van der Waals surface area contributed by atoms with Crippen molar-refractivity contribution in [3.8, 4) is 5.75 Å². The Morgan fingerprint density at radius 3 is 2.17 bits per heavy atom. The Morgan fingerprint density at radius 1 is 1.02 bits per heavy atom. The first-order chi connectivity index (χ1) is 18.6. The predicted octanol–water partition coefficient (Wildman–Crippen LogP) is 4.22. The van der Waals surface area contributed by atoms with Gasteiger partial charge in [0.25, 0.3) is 0 Å². The summed E-state index contributed by atoms with van der Waals surface area (Å²) in [6, 6.07) is 10.6. The molecule has 218 valence electrons. The van der Waals surface area contributed by atoms with E-state index in [9.17, 15) is 22.8 Å². The average molecular weight is 574 g/mol. The van der Waals surface area contributed by atoms with Crippen LogP contribution in [0.4, 0.5) is 10.5 Å². The summed E-state index contributed by atoms with van der Waals surface area (Å²) in [6.07, 6.45) is 0.239. The van der Waals surface area contributed by atoms with Crippen LogP contribution >= 0.6 is 0 Å². The van der Waals surface area contributed by atoms with E-state index in [1.54, 1.807) is 45.3 Å². The molecule has 2 aromatic rings. The Morgan fingerprint density at radius 2 is 1.62 bits per heavy atom. The third kappa shape index (κ3) is 7.39. The minimum atomic E-state index is -3.96. The fourth-order valence-corrected chi connectivity index (χ4v) is 5.85. The molecule has 0 saturated carbocycles. The summed E-state index contributed by atoms with van der Waals surface area (Å²) >= 11 is 0. The predicted molar refractivity (Wildman–Crippen MR) is 152 cm³/mol. The van der Waals surface area contributed by atoms with Crippen LogP contribution in [0.3, 0.4) is 0 Å². The van der Waals surface area contributed by atoms with E-state index in [-0.39, 0.29) is 29.2 Å². The number of anilines is 1. The quantitative estimate of drug-likeness (QED) is 0.435. The molecule has 40 heavy (non-hydrogen) atoms. The summed E-state index contributed by atoms with van der Waals surface area (Å²) in [5.74, 6) is -0.897. The lowest BCUT2D eigenvalue weighted by atomic mass is 9.99. The first-order valence-corrected chi connectivity index (χ1v) is 14.6. The summed E-state index contributed by atoms with van der Waals surface area (Å²) in [5, 5.41) is 0. The van der Waals surface area contributed by atoms with E-state index in [0.717, 1.165) is 5.56 Å². The second-order valence-corrected chi connectivity index (χ2v) is 13.3. The van der Waals surface area contributed by atoms with Crippen molar-refractivity contribution in [3.05, 3.63) is 54.1 Å². The summed E-state index contributed by atoms with van der Waals surface area (Å²) < 4.78 is 39.1. The lowest BCUT2D eigenvalue weighted by Crippen LogP contribution is -2.53. The number of rotatable bonds is 8. The van der Waals surface area contributed by atoms with E-state index in [1.165, 1.54) is 38.4 Å². The van der Waals surface area contributed by atoms with Crippen LogP contribution in [-0.4, -0.2) is 74.9 Å². The van der Waals surface area contributed by atoms with Gasteiger partial charge in [0.2, 0.25) is 15.9 Å². The first kappa shape index (κ1) is 31.1. The maximum absolute atomic E-state index is 14.1. The molecule has 0 bridgehead atoms. The number of nitrogens with zero attached hydrogens (tertiary/aromatic N) is 3. The summed E-state index contributed by atoms with van der Waals surface area (Å²) in [5.41, 5.74) is 0.975. The molecule has 2 aromatic carbocycles. The van der Waals surface area contributed by atoms with Gasteiger partial charge >= 0.3 is 12.1 Å². The summed E-state index contributed by atoms with van der Waals surface area (Å²) in [6.45, 7) is 9.52. The van der Waals surface area contributed by atoms with Gasteiger partial charge in [-0.15, -0.1) is 0 Å². The molecule has 0 unspecified atom stereocenters. The molecule has 2 atom stereocenters. The van der Waals surface area contributed by atoms with Crippen molar-refractivity contribution in [1.29, 1.82) is 0 Å². The van der Waals surface area contributed by atoms with Crippen LogP contribution in [0.1, 0.15) is 46.1 Å². The Balaban J connectivity index is 1.96. The van der Waals surface area contributed by atoms with Crippen LogP contribution in [0.2, 0.25) is 0 Å². The maximum Gasteiger partial charge on any atom is 0.414 e.